The summed E-state index contributed by atoms with van der Waals surface area (Å²) in [6.45, 7) is 2.63. The van der Waals surface area contributed by atoms with Crippen LogP contribution in [0, 0.1) is 0 Å². The lowest BCUT2D eigenvalue weighted by atomic mass is 9.74. The molecule has 0 N–H and O–H groups in total. The Hall–Kier alpha value is -0.0500. The minimum Gasteiger partial charge on any atom is -0.294 e. The maximum absolute atomic E-state index is 2.81. The van der Waals surface area contributed by atoms with Crippen molar-refractivity contribution in [3.63, 3.8) is 0 Å². The zero-order valence-corrected chi connectivity index (χ0v) is 14.8. The number of halogens is 2. The molecule has 0 radical (unpaired) electrons. The second kappa shape index (κ2) is 8.41. The molecule has 1 saturated carbocycles. The third kappa shape index (κ3) is 3.58. The van der Waals surface area contributed by atoms with Crippen LogP contribution in [0.25, 0.3) is 0 Å². The first-order chi connectivity index (χ1) is 8.92. The van der Waals surface area contributed by atoms with Gasteiger partial charge >= 0.3 is 0 Å². The van der Waals surface area contributed by atoms with Crippen molar-refractivity contribution in [1.82, 2.24) is 4.90 Å². The molecule has 1 aliphatic heterocycles. The monoisotopic (exact) mass is 359 g/mol. The third-order valence-corrected chi connectivity index (χ3v) is 4.95. The average Bonchev–Trinajstić information content (AvgIpc) is 2.50. The van der Waals surface area contributed by atoms with Crippen molar-refractivity contribution >= 4 is 29.4 Å². The van der Waals surface area contributed by atoms with Crippen LogP contribution < -0.4 is 0 Å². The number of rotatable bonds is 2. The van der Waals surface area contributed by atoms with E-state index in [4.69, 9.17) is 0 Å². The molecule has 0 bridgehead atoms. The summed E-state index contributed by atoms with van der Waals surface area (Å²) in [5.74, 6) is 0. The maximum Gasteiger partial charge on any atom is 0.0460 e. The Morgan fingerprint density at radius 2 is 1.30 bits per heavy atom. The molecule has 3 heteroatoms. The van der Waals surface area contributed by atoms with Crippen molar-refractivity contribution in [3.05, 3.63) is 35.9 Å². The van der Waals surface area contributed by atoms with Crippen molar-refractivity contribution in [1.29, 1.82) is 0 Å². The minimum absolute atomic E-state index is 0. The largest absolute Gasteiger partial charge is 0.294 e. The van der Waals surface area contributed by atoms with Gasteiger partial charge in [0.15, 0.2) is 0 Å². The standard InChI is InChI=1S/C17H25N.BrH.ClH/c1-4-10-16(11-5-1)17(12-6-2-7-13-17)18-14-8-3-9-15-18;;/h1,4-5,10-11H,2-3,6-9,12-15H2;2*1H. The van der Waals surface area contributed by atoms with Crippen LogP contribution in [0.1, 0.15) is 56.9 Å². The molecule has 114 valence electrons. The van der Waals surface area contributed by atoms with Crippen molar-refractivity contribution < 1.29 is 0 Å². The van der Waals surface area contributed by atoms with Gasteiger partial charge in [0.25, 0.3) is 0 Å². The highest BCUT2D eigenvalue weighted by Crippen LogP contribution is 2.43. The highest BCUT2D eigenvalue weighted by molar-refractivity contribution is 8.93. The molecule has 1 nitrogen and oxygen atoms in total. The molecule has 3 rings (SSSR count). The van der Waals surface area contributed by atoms with E-state index in [1.165, 1.54) is 64.5 Å². The lowest BCUT2D eigenvalue weighted by molar-refractivity contribution is 0.0303. The van der Waals surface area contributed by atoms with E-state index < -0.39 is 0 Å². The first-order valence-electron chi connectivity index (χ1n) is 7.72. The van der Waals surface area contributed by atoms with E-state index in [2.05, 4.69) is 35.2 Å². The Morgan fingerprint density at radius 1 is 0.750 bits per heavy atom. The van der Waals surface area contributed by atoms with Crippen molar-refractivity contribution in [3.8, 4) is 0 Å². The van der Waals surface area contributed by atoms with E-state index in [0.29, 0.717) is 5.54 Å². The van der Waals surface area contributed by atoms with Gasteiger partial charge in [-0.25, -0.2) is 0 Å². The molecule has 0 unspecified atom stereocenters. The number of piperidine rings is 1. The van der Waals surface area contributed by atoms with E-state index in [0.717, 1.165) is 0 Å². The number of benzene rings is 1. The Balaban J connectivity index is 0.000001000. The van der Waals surface area contributed by atoms with E-state index in [1.807, 2.05) is 0 Å². The molecular formula is C17H27BrClN. The molecular weight excluding hydrogens is 334 g/mol. The van der Waals surface area contributed by atoms with E-state index in [-0.39, 0.29) is 29.4 Å². The van der Waals surface area contributed by atoms with E-state index in [1.54, 1.807) is 5.56 Å². The van der Waals surface area contributed by atoms with Gasteiger partial charge in [0.1, 0.15) is 0 Å². The number of hydrogen-bond acceptors (Lipinski definition) is 1. The molecule has 0 spiro atoms. The van der Waals surface area contributed by atoms with Gasteiger partial charge in [-0.3, -0.25) is 4.90 Å². The molecule has 2 fully saturated rings. The molecule has 1 saturated heterocycles. The van der Waals surface area contributed by atoms with Crippen molar-refractivity contribution in [2.75, 3.05) is 13.1 Å². The Kier molecular flexibility index (Phi) is 7.57. The molecule has 1 aromatic rings. The van der Waals surface area contributed by atoms with Crippen LogP contribution in [0.5, 0.6) is 0 Å². The fourth-order valence-corrected chi connectivity index (χ4v) is 3.99. The summed E-state index contributed by atoms with van der Waals surface area (Å²) >= 11 is 0. The van der Waals surface area contributed by atoms with Gasteiger partial charge in [0.05, 0.1) is 0 Å². The summed E-state index contributed by atoms with van der Waals surface area (Å²) in [6.07, 6.45) is 11.2. The molecule has 20 heavy (non-hydrogen) atoms. The topological polar surface area (TPSA) is 3.24 Å². The highest BCUT2D eigenvalue weighted by atomic mass is 79.9. The van der Waals surface area contributed by atoms with Crippen LogP contribution in [0.2, 0.25) is 0 Å². The maximum atomic E-state index is 2.81. The summed E-state index contributed by atoms with van der Waals surface area (Å²) in [4.78, 5) is 2.81. The first-order valence-corrected chi connectivity index (χ1v) is 7.72. The molecule has 1 heterocycles. The Bertz CT molecular complexity index is 370. The Morgan fingerprint density at radius 3 is 1.90 bits per heavy atom. The number of likely N-dealkylation sites (tertiary alicyclic amines) is 1. The fourth-order valence-electron chi connectivity index (χ4n) is 3.99. The molecule has 0 aromatic heterocycles. The van der Waals surface area contributed by atoms with Gasteiger partial charge in [0.2, 0.25) is 0 Å². The van der Waals surface area contributed by atoms with Crippen LogP contribution in [-0.2, 0) is 5.54 Å². The quantitative estimate of drug-likeness (QED) is 0.689. The third-order valence-electron chi connectivity index (χ3n) is 4.95. The smallest absolute Gasteiger partial charge is 0.0460 e. The zero-order valence-electron chi connectivity index (χ0n) is 12.2. The van der Waals surface area contributed by atoms with Crippen molar-refractivity contribution in [2.24, 2.45) is 0 Å². The summed E-state index contributed by atoms with van der Waals surface area (Å²) in [6, 6.07) is 11.3. The fraction of sp³-hybridized carbons (Fsp3) is 0.647. The predicted molar refractivity (Wildman–Crippen MR) is 94.2 cm³/mol. The van der Waals surface area contributed by atoms with Gasteiger partial charge in [-0.1, -0.05) is 56.0 Å². The second-order valence-corrected chi connectivity index (χ2v) is 6.01. The minimum atomic E-state index is 0. The molecule has 2 aliphatic rings. The number of hydrogen-bond donors (Lipinski definition) is 0. The summed E-state index contributed by atoms with van der Waals surface area (Å²) in [7, 11) is 0. The molecule has 1 aliphatic carbocycles. The Labute approximate surface area is 140 Å². The zero-order chi connectivity index (χ0) is 12.3. The molecule has 1 aromatic carbocycles. The normalized spacial score (nSPS) is 22.4. The van der Waals surface area contributed by atoms with Crippen LogP contribution >= 0.6 is 29.4 Å². The lowest BCUT2D eigenvalue weighted by Crippen LogP contribution is -2.49. The van der Waals surface area contributed by atoms with E-state index >= 15 is 0 Å². The van der Waals surface area contributed by atoms with Gasteiger partial charge in [-0.15, -0.1) is 29.4 Å². The SMILES string of the molecule is Br.Cl.c1ccc(C2(N3CCCCC3)CCCCC2)cc1. The summed E-state index contributed by atoms with van der Waals surface area (Å²) < 4.78 is 0. The van der Waals surface area contributed by atoms with Crippen LogP contribution in [0.15, 0.2) is 30.3 Å². The molecule has 0 atom stereocenters. The second-order valence-electron chi connectivity index (χ2n) is 6.01. The summed E-state index contributed by atoms with van der Waals surface area (Å²) in [5, 5.41) is 0. The van der Waals surface area contributed by atoms with Gasteiger partial charge in [-0.2, -0.15) is 0 Å². The summed E-state index contributed by atoms with van der Waals surface area (Å²) in [5.41, 5.74) is 1.95. The van der Waals surface area contributed by atoms with Crippen LogP contribution in [-0.4, -0.2) is 18.0 Å². The lowest BCUT2D eigenvalue weighted by Gasteiger charge is -2.48. The first kappa shape index (κ1) is 18.0. The van der Waals surface area contributed by atoms with Crippen LogP contribution in [0.4, 0.5) is 0 Å². The highest BCUT2D eigenvalue weighted by Gasteiger charge is 2.39. The van der Waals surface area contributed by atoms with Crippen molar-refractivity contribution in [2.45, 2.75) is 56.9 Å². The average molecular weight is 361 g/mol. The van der Waals surface area contributed by atoms with Gasteiger partial charge in [-0.05, 0) is 44.3 Å². The molecule has 0 amide bonds. The van der Waals surface area contributed by atoms with E-state index in [9.17, 15) is 0 Å². The number of nitrogens with zero attached hydrogens (tertiary/aromatic N) is 1. The van der Waals surface area contributed by atoms with Gasteiger partial charge < -0.3 is 0 Å². The van der Waals surface area contributed by atoms with Crippen LogP contribution in [0.3, 0.4) is 0 Å². The predicted octanol–water partition coefficient (Wildman–Crippen LogP) is 5.33. The van der Waals surface area contributed by atoms with Gasteiger partial charge in [0, 0.05) is 5.54 Å².